The van der Waals surface area contributed by atoms with E-state index in [1.54, 1.807) is 37.3 Å². The van der Waals surface area contributed by atoms with Gasteiger partial charge in [0.2, 0.25) is 0 Å². The maximum atomic E-state index is 13.7. The van der Waals surface area contributed by atoms with Crippen LogP contribution < -0.4 is 23.7 Å². The minimum absolute atomic E-state index is 0.0301. The fourth-order valence-corrected chi connectivity index (χ4v) is 4.43. The smallest absolute Gasteiger partial charge is 0.269 e. The summed E-state index contributed by atoms with van der Waals surface area (Å²) in [6, 6.07) is 14.2. The third-order valence-corrected chi connectivity index (χ3v) is 6.35. The second-order valence-corrected chi connectivity index (χ2v) is 8.30. The van der Waals surface area contributed by atoms with E-state index in [1.807, 2.05) is 12.1 Å². The lowest BCUT2D eigenvalue weighted by molar-refractivity contribution is -0.384. The topological polar surface area (TPSA) is 110 Å². The molecule has 0 radical (unpaired) electrons. The number of hydrogen-bond acceptors (Lipinski definition) is 8. The molecule has 4 rings (SSSR count). The third kappa shape index (κ3) is 5.23. The Balaban J connectivity index is 1.69. The van der Waals surface area contributed by atoms with Crippen molar-refractivity contribution in [3.8, 4) is 28.7 Å². The highest BCUT2D eigenvalue weighted by molar-refractivity contribution is 5.95. The Morgan fingerprint density at radius 1 is 0.892 bits per heavy atom. The number of ether oxygens (including phenoxy) is 5. The Morgan fingerprint density at radius 2 is 1.51 bits per heavy atom. The molecule has 3 aromatic rings. The number of carbonyl (C=O) groups excluding carboxylic acids is 1. The van der Waals surface area contributed by atoms with Crippen molar-refractivity contribution in [2.75, 3.05) is 41.6 Å². The molecular weight excluding hydrogens is 480 g/mol. The van der Waals surface area contributed by atoms with Crippen molar-refractivity contribution in [1.82, 2.24) is 4.90 Å². The van der Waals surface area contributed by atoms with E-state index in [-0.39, 0.29) is 18.2 Å². The zero-order valence-electron chi connectivity index (χ0n) is 21.1. The zero-order valence-corrected chi connectivity index (χ0v) is 21.1. The summed E-state index contributed by atoms with van der Waals surface area (Å²) in [5, 5.41) is 11.0. The first-order chi connectivity index (χ1) is 17.9. The Morgan fingerprint density at radius 3 is 2.14 bits per heavy atom. The highest BCUT2D eigenvalue weighted by Gasteiger charge is 2.33. The molecule has 0 bridgehead atoms. The van der Waals surface area contributed by atoms with Gasteiger partial charge in [0.15, 0.2) is 23.0 Å². The number of non-ortho nitro benzene ring substituents is 1. The summed E-state index contributed by atoms with van der Waals surface area (Å²) in [7, 11) is 6.19. The Bertz CT molecular complexity index is 1290. The van der Waals surface area contributed by atoms with Crippen LogP contribution in [0.4, 0.5) is 5.69 Å². The van der Waals surface area contributed by atoms with E-state index in [0.717, 1.165) is 11.1 Å². The van der Waals surface area contributed by atoms with Crippen LogP contribution in [-0.2, 0) is 6.42 Å². The summed E-state index contributed by atoms with van der Waals surface area (Å²) in [6.07, 6.45) is 0.614. The Hall–Kier alpha value is -4.47. The summed E-state index contributed by atoms with van der Waals surface area (Å²) in [4.78, 5) is 26.0. The molecule has 1 aliphatic heterocycles. The van der Waals surface area contributed by atoms with Crippen LogP contribution in [0.5, 0.6) is 28.7 Å². The Kier molecular flexibility index (Phi) is 7.66. The minimum atomic E-state index is -0.468. The van der Waals surface area contributed by atoms with E-state index in [9.17, 15) is 14.9 Å². The van der Waals surface area contributed by atoms with E-state index in [0.29, 0.717) is 47.3 Å². The van der Waals surface area contributed by atoms with Gasteiger partial charge in [0, 0.05) is 24.2 Å². The zero-order chi connectivity index (χ0) is 26.5. The molecule has 0 aromatic heterocycles. The summed E-state index contributed by atoms with van der Waals surface area (Å²) >= 11 is 0. The van der Waals surface area contributed by atoms with Crippen LogP contribution in [0, 0.1) is 10.1 Å². The molecule has 1 aliphatic rings. The number of amides is 1. The summed E-state index contributed by atoms with van der Waals surface area (Å²) in [6.45, 7) is 0.573. The lowest BCUT2D eigenvalue weighted by Gasteiger charge is -2.37. The molecule has 1 amide bonds. The number of fused-ring (bicyclic) bond motifs is 1. The monoisotopic (exact) mass is 508 g/mol. The summed E-state index contributed by atoms with van der Waals surface area (Å²) in [5.74, 6) is 2.39. The molecular formula is C27H28N2O8. The van der Waals surface area contributed by atoms with Crippen LogP contribution in [0.1, 0.15) is 27.5 Å². The number of methoxy groups -OCH3 is 4. The van der Waals surface area contributed by atoms with Crippen LogP contribution in [-0.4, -0.2) is 57.3 Å². The molecule has 1 atom stereocenters. The van der Waals surface area contributed by atoms with Gasteiger partial charge in [-0.1, -0.05) is 0 Å². The molecule has 0 fully saturated rings. The van der Waals surface area contributed by atoms with E-state index in [4.69, 9.17) is 23.7 Å². The molecule has 0 N–H and O–H groups in total. The van der Waals surface area contributed by atoms with E-state index in [1.165, 1.54) is 38.5 Å². The van der Waals surface area contributed by atoms with Crippen LogP contribution in [0.25, 0.3) is 0 Å². The molecule has 1 heterocycles. The number of hydrogen-bond donors (Lipinski definition) is 0. The molecule has 10 heteroatoms. The fraction of sp³-hybridized carbons (Fsp3) is 0.296. The van der Waals surface area contributed by atoms with Gasteiger partial charge >= 0.3 is 0 Å². The summed E-state index contributed by atoms with van der Waals surface area (Å²) < 4.78 is 27.7. The lowest BCUT2D eigenvalue weighted by atomic mass is 9.91. The van der Waals surface area contributed by atoms with Gasteiger partial charge in [0.25, 0.3) is 11.6 Å². The average molecular weight is 509 g/mol. The number of benzene rings is 3. The van der Waals surface area contributed by atoms with Crippen molar-refractivity contribution in [3.05, 3.63) is 81.4 Å². The van der Waals surface area contributed by atoms with Gasteiger partial charge in [-0.3, -0.25) is 14.9 Å². The largest absolute Gasteiger partial charge is 0.493 e. The molecule has 0 aliphatic carbocycles. The van der Waals surface area contributed by atoms with E-state index in [2.05, 4.69) is 0 Å². The van der Waals surface area contributed by atoms with Crippen LogP contribution in [0.2, 0.25) is 0 Å². The number of nitro benzene ring substituents is 1. The minimum Gasteiger partial charge on any atom is -0.493 e. The van der Waals surface area contributed by atoms with E-state index >= 15 is 0 Å². The lowest BCUT2D eigenvalue weighted by Crippen LogP contribution is -2.42. The van der Waals surface area contributed by atoms with Gasteiger partial charge in [-0.05, 0) is 60.0 Å². The number of rotatable bonds is 9. The SMILES string of the molecule is COc1ccc(C(=O)N2CCc3cc(OC)c(OC)cc3[C@H]2COc2ccc([N+](=O)[O-])cc2)cc1OC. The maximum absolute atomic E-state index is 13.7. The van der Waals surface area contributed by atoms with Crippen LogP contribution in [0.3, 0.4) is 0 Å². The van der Waals surface area contributed by atoms with Gasteiger partial charge in [-0.25, -0.2) is 0 Å². The van der Waals surface area contributed by atoms with Crippen molar-refractivity contribution in [2.24, 2.45) is 0 Å². The van der Waals surface area contributed by atoms with Gasteiger partial charge in [0.1, 0.15) is 12.4 Å². The van der Waals surface area contributed by atoms with E-state index < -0.39 is 11.0 Å². The molecule has 0 unspecified atom stereocenters. The second-order valence-electron chi connectivity index (χ2n) is 8.30. The van der Waals surface area contributed by atoms with Crippen LogP contribution in [0.15, 0.2) is 54.6 Å². The molecule has 10 nitrogen and oxygen atoms in total. The van der Waals surface area contributed by atoms with Gasteiger partial charge in [0.05, 0.1) is 39.4 Å². The number of carbonyl (C=O) groups is 1. The molecule has 3 aromatic carbocycles. The normalized spacial score (nSPS) is 14.4. The van der Waals surface area contributed by atoms with Crippen molar-refractivity contribution in [2.45, 2.75) is 12.5 Å². The highest BCUT2D eigenvalue weighted by atomic mass is 16.6. The maximum Gasteiger partial charge on any atom is 0.269 e. The van der Waals surface area contributed by atoms with Crippen molar-refractivity contribution >= 4 is 11.6 Å². The standard InChI is InChI=1S/C27H28N2O8/c1-33-23-10-5-18(14-24(23)34-2)27(30)28-12-11-17-13-25(35-3)26(36-4)15-21(17)22(28)16-37-20-8-6-19(7-9-20)29(31)32/h5-10,13-15,22H,11-12,16H2,1-4H3/t22-/m1/s1. The first kappa shape index (κ1) is 25.6. The first-order valence-electron chi connectivity index (χ1n) is 11.5. The predicted molar refractivity (Wildman–Crippen MR) is 135 cm³/mol. The molecule has 37 heavy (non-hydrogen) atoms. The quantitative estimate of drug-likeness (QED) is 0.308. The molecule has 0 saturated heterocycles. The third-order valence-electron chi connectivity index (χ3n) is 6.35. The Labute approximate surface area is 214 Å². The average Bonchev–Trinajstić information content (AvgIpc) is 2.94. The number of nitro groups is 1. The second kappa shape index (κ2) is 11.1. The fourth-order valence-electron chi connectivity index (χ4n) is 4.43. The van der Waals surface area contributed by atoms with Crippen molar-refractivity contribution in [1.29, 1.82) is 0 Å². The molecule has 0 spiro atoms. The highest BCUT2D eigenvalue weighted by Crippen LogP contribution is 2.39. The van der Waals surface area contributed by atoms with Crippen molar-refractivity contribution in [3.63, 3.8) is 0 Å². The predicted octanol–water partition coefficient (Wildman–Crippen LogP) is 4.45. The van der Waals surface area contributed by atoms with Gasteiger partial charge in [-0.2, -0.15) is 0 Å². The number of nitrogens with zero attached hydrogens (tertiary/aromatic N) is 2. The van der Waals surface area contributed by atoms with Gasteiger partial charge in [-0.15, -0.1) is 0 Å². The first-order valence-corrected chi connectivity index (χ1v) is 11.5. The van der Waals surface area contributed by atoms with Gasteiger partial charge < -0.3 is 28.6 Å². The van der Waals surface area contributed by atoms with Crippen molar-refractivity contribution < 1.29 is 33.4 Å². The van der Waals surface area contributed by atoms with Crippen LogP contribution >= 0.6 is 0 Å². The summed E-state index contributed by atoms with van der Waals surface area (Å²) in [5.41, 5.74) is 2.31. The molecule has 194 valence electrons. The molecule has 0 saturated carbocycles.